The van der Waals surface area contributed by atoms with Crippen LogP contribution >= 0.6 is 0 Å². The van der Waals surface area contributed by atoms with Crippen LogP contribution in [0, 0.1) is 10.1 Å². The summed E-state index contributed by atoms with van der Waals surface area (Å²) in [7, 11) is 0. The van der Waals surface area contributed by atoms with Crippen LogP contribution in [0.15, 0.2) is 35.6 Å². The fourth-order valence-corrected chi connectivity index (χ4v) is 4.79. The molecule has 0 fully saturated rings. The summed E-state index contributed by atoms with van der Waals surface area (Å²) in [4.78, 5) is 28.6. The van der Waals surface area contributed by atoms with Gasteiger partial charge in [0, 0.05) is 47.8 Å². The Bertz CT molecular complexity index is 1090. The van der Waals surface area contributed by atoms with E-state index in [1.807, 2.05) is 6.07 Å². The minimum Gasteiger partial charge on any atom is -0.443 e. The van der Waals surface area contributed by atoms with Gasteiger partial charge in [-0.25, -0.2) is 4.98 Å². The van der Waals surface area contributed by atoms with Gasteiger partial charge in [-0.3, -0.25) is 14.9 Å². The van der Waals surface area contributed by atoms with Crippen LogP contribution in [0.1, 0.15) is 60.4 Å². The normalized spacial score (nSPS) is 20.4. The molecule has 1 atom stereocenters. The smallest absolute Gasteiger partial charge is 0.269 e. The second kappa shape index (κ2) is 6.69. The lowest BCUT2D eigenvalue weighted by atomic mass is 9.76. The monoisotopic (exact) mass is 391 g/mol. The van der Waals surface area contributed by atoms with Gasteiger partial charge >= 0.3 is 0 Å². The molecule has 1 aliphatic heterocycles. The summed E-state index contributed by atoms with van der Waals surface area (Å²) in [5.74, 6) is 0.618. The van der Waals surface area contributed by atoms with Crippen molar-refractivity contribution < 1.29 is 14.5 Å². The maximum absolute atomic E-state index is 12.9. The van der Waals surface area contributed by atoms with Crippen molar-refractivity contribution in [2.75, 3.05) is 5.73 Å². The highest BCUT2D eigenvalue weighted by Crippen LogP contribution is 2.50. The number of nitro benzene ring substituents is 1. The topological polar surface area (TPSA) is 108 Å². The molecule has 0 radical (unpaired) electrons. The van der Waals surface area contributed by atoms with Gasteiger partial charge in [-0.15, -0.1) is 0 Å². The summed E-state index contributed by atoms with van der Waals surface area (Å²) in [6, 6.07) is 6.46. The highest BCUT2D eigenvalue weighted by atomic mass is 16.6. The molecule has 1 aromatic heterocycles. The van der Waals surface area contributed by atoms with Crippen LogP contribution in [0.4, 0.5) is 11.4 Å². The van der Waals surface area contributed by atoms with Gasteiger partial charge in [0.05, 0.1) is 10.5 Å². The molecule has 3 aliphatic rings. The molecule has 1 unspecified atom stereocenters. The lowest BCUT2D eigenvalue weighted by Gasteiger charge is -2.34. The van der Waals surface area contributed by atoms with E-state index < -0.39 is 10.8 Å². The largest absolute Gasteiger partial charge is 0.443 e. The number of carbonyl (C=O) groups excluding carboxylic acids is 1. The Balaban J connectivity index is 1.77. The minimum atomic E-state index is -0.485. The van der Waals surface area contributed by atoms with Crippen LogP contribution in [0.25, 0.3) is 0 Å². The van der Waals surface area contributed by atoms with Gasteiger partial charge in [0.2, 0.25) is 5.88 Å². The summed E-state index contributed by atoms with van der Waals surface area (Å²) in [5, 5.41) is 11.4. The molecule has 2 N–H and O–H groups in total. The first-order valence-corrected chi connectivity index (χ1v) is 10.0. The number of nitrogens with two attached hydrogens (primary N) is 1. The predicted octanol–water partition coefficient (Wildman–Crippen LogP) is 3.98. The van der Waals surface area contributed by atoms with Crippen LogP contribution in [-0.4, -0.2) is 15.7 Å². The highest BCUT2D eigenvalue weighted by Gasteiger charge is 2.40. The van der Waals surface area contributed by atoms with E-state index in [4.69, 9.17) is 15.5 Å². The molecule has 0 spiro atoms. The lowest BCUT2D eigenvalue weighted by Crippen LogP contribution is -2.28. The fourth-order valence-electron chi connectivity index (χ4n) is 4.79. The third-order valence-corrected chi connectivity index (χ3v) is 6.14. The number of aromatic nitrogens is 1. The summed E-state index contributed by atoms with van der Waals surface area (Å²) in [5.41, 5.74) is 11.2. The number of ether oxygens (including phenoxy) is 1. The molecule has 148 valence electrons. The van der Waals surface area contributed by atoms with Crippen molar-refractivity contribution in [3.8, 4) is 5.88 Å². The Hall–Kier alpha value is -3.22. The number of non-ortho nitro benzene ring substituents is 1. The number of Topliss-reactive ketones (excluding diaryl/α,β-unsaturated/α-hetero) is 1. The summed E-state index contributed by atoms with van der Waals surface area (Å²) in [6.45, 7) is 0. The molecular formula is C22H21N3O4. The van der Waals surface area contributed by atoms with Crippen molar-refractivity contribution >= 4 is 17.2 Å². The van der Waals surface area contributed by atoms with Crippen molar-refractivity contribution in [3.05, 3.63) is 68.1 Å². The van der Waals surface area contributed by atoms with E-state index in [-0.39, 0.29) is 11.5 Å². The van der Waals surface area contributed by atoms with Crippen molar-refractivity contribution in [1.29, 1.82) is 0 Å². The molecule has 0 bridgehead atoms. The van der Waals surface area contributed by atoms with E-state index in [1.165, 1.54) is 12.1 Å². The van der Waals surface area contributed by atoms with Gasteiger partial charge in [0.15, 0.2) is 5.78 Å². The van der Waals surface area contributed by atoms with Gasteiger partial charge in [0.1, 0.15) is 5.76 Å². The average molecular weight is 391 g/mol. The first kappa shape index (κ1) is 17.8. The zero-order valence-electron chi connectivity index (χ0n) is 15.9. The molecule has 2 aromatic rings. The Morgan fingerprint density at radius 3 is 2.79 bits per heavy atom. The molecule has 0 amide bonds. The first-order chi connectivity index (χ1) is 14.0. The Morgan fingerprint density at radius 2 is 1.97 bits per heavy atom. The zero-order valence-corrected chi connectivity index (χ0v) is 15.9. The predicted molar refractivity (Wildman–Crippen MR) is 107 cm³/mol. The van der Waals surface area contributed by atoms with Crippen LogP contribution in [0.2, 0.25) is 0 Å². The van der Waals surface area contributed by atoms with Gasteiger partial charge in [0.25, 0.3) is 5.69 Å². The van der Waals surface area contributed by atoms with E-state index in [1.54, 1.807) is 6.07 Å². The van der Waals surface area contributed by atoms with Crippen molar-refractivity contribution in [1.82, 2.24) is 4.98 Å². The number of pyridine rings is 1. The number of nitro groups is 1. The van der Waals surface area contributed by atoms with E-state index >= 15 is 0 Å². The number of hydrogen-bond acceptors (Lipinski definition) is 6. The van der Waals surface area contributed by atoms with Gasteiger partial charge in [-0.05, 0) is 43.2 Å². The van der Waals surface area contributed by atoms with E-state index in [2.05, 4.69) is 0 Å². The summed E-state index contributed by atoms with van der Waals surface area (Å²) in [6.07, 6.45) is 5.66. The SMILES string of the molecule is Nc1c2c(nc3c1C(c1cccc([N+](=O)[O-])c1)C1=C(CCCC1=O)O3)CCCC2. The molecule has 1 aromatic carbocycles. The van der Waals surface area contributed by atoms with Crippen LogP contribution in [0.5, 0.6) is 5.88 Å². The maximum Gasteiger partial charge on any atom is 0.269 e. The number of carbonyl (C=O) groups is 1. The number of allylic oxidation sites excluding steroid dienone is 2. The number of benzene rings is 1. The fraction of sp³-hybridized carbons (Fsp3) is 0.364. The number of nitrogens with zero attached hydrogens (tertiary/aromatic N) is 2. The van der Waals surface area contributed by atoms with Gasteiger partial charge in [-0.1, -0.05) is 12.1 Å². The number of aryl methyl sites for hydroxylation is 1. The van der Waals surface area contributed by atoms with Crippen LogP contribution < -0.4 is 10.5 Å². The van der Waals surface area contributed by atoms with Crippen LogP contribution in [-0.2, 0) is 17.6 Å². The molecule has 7 heteroatoms. The number of ketones is 1. The van der Waals surface area contributed by atoms with E-state index in [0.29, 0.717) is 46.9 Å². The number of rotatable bonds is 2. The Kier molecular flexibility index (Phi) is 4.12. The Labute approximate surface area is 167 Å². The minimum absolute atomic E-state index is 0.00885. The van der Waals surface area contributed by atoms with Crippen molar-refractivity contribution in [2.24, 2.45) is 0 Å². The molecule has 5 rings (SSSR count). The number of fused-ring (bicyclic) bond motifs is 2. The third-order valence-electron chi connectivity index (χ3n) is 6.14. The molecular weight excluding hydrogens is 370 g/mol. The number of nitrogen functional groups attached to an aromatic ring is 1. The summed E-state index contributed by atoms with van der Waals surface area (Å²) >= 11 is 0. The van der Waals surface area contributed by atoms with Crippen molar-refractivity contribution in [3.63, 3.8) is 0 Å². The molecule has 0 saturated carbocycles. The second-order valence-electron chi connectivity index (χ2n) is 7.88. The number of hydrogen-bond donors (Lipinski definition) is 1. The molecule has 29 heavy (non-hydrogen) atoms. The maximum atomic E-state index is 12.9. The quantitative estimate of drug-likeness (QED) is 0.613. The second-order valence-corrected chi connectivity index (χ2v) is 7.88. The van der Waals surface area contributed by atoms with Crippen LogP contribution in [0.3, 0.4) is 0 Å². The number of anilines is 1. The van der Waals surface area contributed by atoms with E-state index in [0.717, 1.165) is 43.4 Å². The lowest BCUT2D eigenvalue weighted by molar-refractivity contribution is -0.384. The zero-order chi connectivity index (χ0) is 20.1. The Morgan fingerprint density at radius 1 is 1.14 bits per heavy atom. The highest BCUT2D eigenvalue weighted by molar-refractivity contribution is 6.00. The van der Waals surface area contributed by atoms with E-state index in [9.17, 15) is 14.9 Å². The first-order valence-electron chi connectivity index (χ1n) is 10.0. The van der Waals surface area contributed by atoms with Crippen molar-refractivity contribution in [2.45, 2.75) is 50.9 Å². The molecule has 2 aliphatic carbocycles. The standard InChI is InChI=1S/C22H21N3O4/c23-21-14-7-1-2-8-15(14)24-22-20(21)18(12-5-3-6-13(11-12)25(27)28)19-16(26)9-4-10-17(19)29-22/h3,5-6,11,18H,1-2,4,7-10H2,(H2,23,24). The molecule has 7 nitrogen and oxygen atoms in total. The van der Waals surface area contributed by atoms with Gasteiger partial charge < -0.3 is 10.5 Å². The molecule has 0 saturated heterocycles. The van der Waals surface area contributed by atoms with Gasteiger partial charge in [-0.2, -0.15) is 0 Å². The summed E-state index contributed by atoms with van der Waals surface area (Å²) < 4.78 is 6.12. The average Bonchev–Trinajstić information content (AvgIpc) is 2.73. The molecule has 2 heterocycles. The third kappa shape index (κ3) is 2.80.